The molecule has 0 spiro atoms. The molecular weight excluding hydrogens is 683 g/mol. The van der Waals surface area contributed by atoms with Crippen molar-refractivity contribution >= 4 is 0 Å². The van der Waals surface area contributed by atoms with Crippen molar-refractivity contribution in [2.45, 2.75) is 11.8 Å². The molecule has 3 heterocycles. The van der Waals surface area contributed by atoms with Crippen LogP contribution in [0.2, 0.25) is 0 Å². The summed E-state index contributed by atoms with van der Waals surface area (Å²) >= 11 is 0. The van der Waals surface area contributed by atoms with Gasteiger partial charge < -0.3 is 0 Å². The maximum atomic E-state index is 4.93. The maximum absolute atomic E-state index is 4.93. The Kier molecular flexibility index (Phi) is 7.56. The molecule has 5 nitrogen and oxygen atoms in total. The topological polar surface area (TPSA) is 64.5 Å². The summed E-state index contributed by atoms with van der Waals surface area (Å²) in [5.41, 5.74) is 18.3. The van der Waals surface area contributed by atoms with Crippen molar-refractivity contribution in [1.29, 1.82) is 0 Å². The summed E-state index contributed by atoms with van der Waals surface area (Å²) in [6.07, 6.45) is 7.26. The Labute approximate surface area is 325 Å². The van der Waals surface area contributed by atoms with Gasteiger partial charge in [-0.05, 0) is 97.1 Å². The first kappa shape index (κ1) is 32.1. The van der Waals surface area contributed by atoms with E-state index in [0.717, 1.165) is 27.8 Å². The van der Waals surface area contributed by atoms with Crippen molar-refractivity contribution in [3.8, 4) is 67.5 Å². The number of benzene rings is 6. The lowest BCUT2D eigenvalue weighted by Crippen LogP contribution is -2.27. The molecule has 0 saturated heterocycles. The molecule has 0 aliphatic heterocycles. The van der Waals surface area contributed by atoms with E-state index in [9.17, 15) is 0 Å². The molecule has 12 rings (SSSR count). The zero-order chi connectivity index (χ0) is 37.0. The van der Waals surface area contributed by atoms with Gasteiger partial charge >= 0.3 is 0 Å². The van der Waals surface area contributed by atoms with Crippen LogP contribution in [0.25, 0.3) is 67.5 Å². The second kappa shape index (κ2) is 13.2. The highest BCUT2D eigenvalue weighted by Crippen LogP contribution is 2.56. The predicted molar refractivity (Wildman–Crippen MR) is 223 cm³/mol. The first-order valence-electron chi connectivity index (χ1n) is 19.0. The number of nitrogens with zero attached hydrogens (tertiary/aromatic N) is 5. The Morgan fingerprint density at radius 2 is 0.679 bits per heavy atom. The molecular formula is C51H33N5. The molecule has 3 aromatic heterocycles. The second-order valence-electron chi connectivity index (χ2n) is 14.5. The summed E-state index contributed by atoms with van der Waals surface area (Å²) in [6, 6.07) is 58.7. The summed E-state index contributed by atoms with van der Waals surface area (Å²) in [7, 11) is 0. The van der Waals surface area contributed by atoms with Crippen molar-refractivity contribution < 1.29 is 0 Å². The third kappa shape index (κ3) is 5.44. The van der Waals surface area contributed by atoms with E-state index in [4.69, 9.17) is 15.0 Å². The standard InChI is InChI=1S/C51H33N5/c1-2-7-35(8-3-1)49-54-50(56-51(55-49)37-24-27-52-28-25-37)36-18-16-33(17-19-36)39-21-23-44-46(30-39)48-42-11-5-4-10-41(42)47(44)45-29-38(20-22-43(45)48)32-12-14-34(15-13-32)40-9-6-26-53-31-40/h1-31,47-48H. The minimum absolute atomic E-state index is 0.177. The van der Waals surface area contributed by atoms with E-state index in [-0.39, 0.29) is 11.8 Å². The summed E-state index contributed by atoms with van der Waals surface area (Å²) in [6.45, 7) is 0. The first-order chi connectivity index (χ1) is 27.7. The van der Waals surface area contributed by atoms with Crippen molar-refractivity contribution in [3.63, 3.8) is 0 Å². The number of pyridine rings is 2. The SMILES string of the molecule is c1ccc(-c2nc(-c3ccncc3)nc(-c3ccc(-c4ccc5c(c4)C4c6ccccc6C5c5cc(-c6ccc(-c7cccnc7)cc6)ccc54)cc3)n2)cc1. The van der Waals surface area contributed by atoms with Crippen LogP contribution in [0.15, 0.2) is 189 Å². The van der Waals surface area contributed by atoms with Gasteiger partial charge in [-0.25, -0.2) is 15.0 Å². The van der Waals surface area contributed by atoms with Crippen LogP contribution in [0.5, 0.6) is 0 Å². The molecule has 3 aliphatic carbocycles. The van der Waals surface area contributed by atoms with Gasteiger partial charge in [0.15, 0.2) is 17.5 Å². The van der Waals surface area contributed by atoms with Gasteiger partial charge in [0.1, 0.15) is 0 Å². The highest BCUT2D eigenvalue weighted by molar-refractivity contribution is 5.78. The van der Waals surface area contributed by atoms with Crippen LogP contribution in [-0.4, -0.2) is 24.9 Å². The normalized spacial score (nSPS) is 14.8. The minimum Gasteiger partial charge on any atom is -0.265 e. The van der Waals surface area contributed by atoms with Gasteiger partial charge in [-0.3, -0.25) is 9.97 Å². The van der Waals surface area contributed by atoms with Crippen LogP contribution >= 0.6 is 0 Å². The summed E-state index contributed by atoms with van der Waals surface area (Å²) in [4.78, 5) is 23.2. The molecule has 0 N–H and O–H groups in total. The highest BCUT2D eigenvalue weighted by atomic mass is 15.0. The van der Waals surface area contributed by atoms with Crippen molar-refractivity contribution in [2.75, 3.05) is 0 Å². The Morgan fingerprint density at radius 1 is 0.268 bits per heavy atom. The fourth-order valence-electron chi connectivity index (χ4n) is 8.63. The van der Waals surface area contributed by atoms with Crippen LogP contribution < -0.4 is 0 Å². The van der Waals surface area contributed by atoms with E-state index in [1.807, 2.05) is 60.9 Å². The third-order valence-corrected chi connectivity index (χ3v) is 11.3. The smallest absolute Gasteiger partial charge is 0.164 e. The molecule has 0 fully saturated rings. The fraction of sp³-hybridized carbons (Fsp3) is 0.0392. The fourth-order valence-corrected chi connectivity index (χ4v) is 8.63. The predicted octanol–water partition coefficient (Wildman–Crippen LogP) is 11.7. The Balaban J connectivity index is 0.941. The summed E-state index contributed by atoms with van der Waals surface area (Å²) in [5.74, 6) is 2.26. The largest absolute Gasteiger partial charge is 0.265 e. The minimum atomic E-state index is 0.177. The molecule has 6 aromatic carbocycles. The van der Waals surface area contributed by atoms with Gasteiger partial charge in [-0.2, -0.15) is 0 Å². The monoisotopic (exact) mass is 715 g/mol. The molecule has 0 amide bonds. The lowest BCUT2D eigenvalue weighted by Gasteiger charge is -2.42. The van der Waals surface area contributed by atoms with Gasteiger partial charge in [0.2, 0.25) is 0 Å². The van der Waals surface area contributed by atoms with E-state index in [1.54, 1.807) is 12.4 Å². The van der Waals surface area contributed by atoms with Gasteiger partial charge in [0.25, 0.3) is 0 Å². The van der Waals surface area contributed by atoms with E-state index in [0.29, 0.717) is 17.5 Å². The van der Waals surface area contributed by atoms with Gasteiger partial charge in [0.05, 0.1) is 0 Å². The number of aromatic nitrogens is 5. The molecule has 0 saturated carbocycles. The van der Waals surface area contributed by atoms with Crippen LogP contribution in [0.1, 0.15) is 45.2 Å². The summed E-state index contributed by atoms with van der Waals surface area (Å²) in [5, 5.41) is 0. The lowest BCUT2D eigenvalue weighted by atomic mass is 9.60. The molecule has 9 aromatic rings. The van der Waals surface area contributed by atoms with Gasteiger partial charge in [-0.1, -0.05) is 133 Å². The Bertz CT molecular complexity index is 2830. The Hall–Kier alpha value is -7.37. The molecule has 2 unspecified atom stereocenters. The van der Waals surface area contributed by atoms with Crippen LogP contribution in [0.4, 0.5) is 0 Å². The third-order valence-electron chi connectivity index (χ3n) is 11.3. The van der Waals surface area contributed by atoms with E-state index >= 15 is 0 Å². The van der Waals surface area contributed by atoms with Crippen molar-refractivity contribution in [3.05, 3.63) is 222 Å². The van der Waals surface area contributed by atoms with E-state index in [1.165, 1.54) is 55.6 Å². The Morgan fingerprint density at radius 3 is 1.20 bits per heavy atom. The van der Waals surface area contributed by atoms with Crippen molar-refractivity contribution in [2.24, 2.45) is 0 Å². The number of hydrogen-bond donors (Lipinski definition) is 0. The zero-order valence-electron chi connectivity index (χ0n) is 30.3. The highest BCUT2D eigenvalue weighted by Gasteiger charge is 2.41. The molecule has 0 radical (unpaired) electrons. The van der Waals surface area contributed by atoms with Crippen LogP contribution in [0, 0.1) is 0 Å². The number of hydrogen-bond acceptors (Lipinski definition) is 5. The van der Waals surface area contributed by atoms with E-state index in [2.05, 4.69) is 125 Å². The average Bonchev–Trinajstić information content (AvgIpc) is 3.29. The first-order valence-corrected chi connectivity index (χ1v) is 19.0. The molecule has 56 heavy (non-hydrogen) atoms. The van der Waals surface area contributed by atoms with Gasteiger partial charge in [0, 0.05) is 53.3 Å². The molecule has 2 atom stereocenters. The quantitative estimate of drug-likeness (QED) is 0.171. The summed E-state index contributed by atoms with van der Waals surface area (Å²) < 4.78 is 0. The van der Waals surface area contributed by atoms with Gasteiger partial charge in [-0.15, -0.1) is 0 Å². The maximum Gasteiger partial charge on any atom is 0.164 e. The van der Waals surface area contributed by atoms with Crippen molar-refractivity contribution in [1.82, 2.24) is 24.9 Å². The number of rotatable bonds is 6. The molecule has 2 bridgehead atoms. The van der Waals surface area contributed by atoms with Crippen LogP contribution in [0.3, 0.4) is 0 Å². The van der Waals surface area contributed by atoms with E-state index < -0.39 is 0 Å². The second-order valence-corrected chi connectivity index (χ2v) is 14.5. The van der Waals surface area contributed by atoms with Crippen LogP contribution in [-0.2, 0) is 0 Å². The molecule has 262 valence electrons. The molecule has 3 aliphatic rings. The molecule has 5 heteroatoms. The zero-order valence-corrected chi connectivity index (χ0v) is 30.3. The average molecular weight is 716 g/mol. The lowest BCUT2D eigenvalue weighted by molar-refractivity contribution is 0.755.